The largest absolute Gasteiger partial charge is 0.479 e. The Balaban J connectivity index is 2.38. The van der Waals surface area contributed by atoms with Crippen LogP contribution in [0.5, 0.6) is 0 Å². The van der Waals surface area contributed by atoms with E-state index >= 15 is 0 Å². The molecule has 1 heterocycles. The second-order valence-electron chi connectivity index (χ2n) is 1.51. The molecule has 9 heavy (non-hydrogen) atoms. The van der Waals surface area contributed by atoms with Crippen molar-refractivity contribution in [2.45, 2.75) is 6.92 Å². The third-order valence-corrected chi connectivity index (χ3v) is 1.47. The Kier molecular flexibility index (Phi) is 2.51. The van der Waals surface area contributed by atoms with Crippen LogP contribution < -0.4 is 4.72 Å². The van der Waals surface area contributed by atoms with Crippen molar-refractivity contribution in [2.75, 3.05) is 6.61 Å². The van der Waals surface area contributed by atoms with Gasteiger partial charge >= 0.3 is 0 Å². The third-order valence-electron chi connectivity index (χ3n) is 0.854. The molecule has 1 aliphatic rings. The quantitative estimate of drug-likeness (QED) is 0.594. The summed E-state index contributed by atoms with van der Waals surface area (Å²) in [5, 5.41) is 1.96. The number of ether oxygens (including phenoxy) is 1. The van der Waals surface area contributed by atoms with Gasteiger partial charge in [0.15, 0.2) is 5.88 Å². The van der Waals surface area contributed by atoms with Gasteiger partial charge in [-0.2, -0.15) is 0 Å². The van der Waals surface area contributed by atoms with Crippen LogP contribution in [0.3, 0.4) is 0 Å². The van der Waals surface area contributed by atoms with Gasteiger partial charge in [0, 0.05) is 0 Å². The smallest absolute Gasteiger partial charge is 0.196 e. The van der Waals surface area contributed by atoms with E-state index in [1.54, 1.807) is 0 Å². The molecule has 2 nitrogen and oxygen atoms in total. The zero-order chi connectivity index (χ0) is 6.53. The highest BCUT2D eigenvalue weighted by atomic mass is 32.2. The summed E-state index contributed by atoms with van der Waals surface area (Å²) in [5.74, 6) is 0.838. The van der Waals surface area contributed by atoms with E-state index in [9.17, 15) is 0 Å². The molecule has 0 amide bonds. The van der Waals surface area contributed by atoms with Gasteiger partial charge in [-0.3, -0.25) is 4.72 Å². The molecule has 0 spiro atoms. The van der Waals surface area contributed by atoms with Crippen molar-refractivity contribution in [3.05, 3.63) is 23.4 Å². The first-order valence-corrected chi connectivity index (χ1v) is 3.72. The number of allylic oxidation sites excluding steroid dienone is 2. The van der Waals surface area contributed by atoms with E-state index in [1.807, 2.05) is 24.5 Å². The average molecular weight is 143 g/mol. The van der Waals surface area contributed by atoms with Crippen LogP contribution >= 0.6 is 11.9 Å². The maximum Gasteiger partial charge on any atom is 0.196 e. The number of hydrogen-bond donors (Lipinski definition) is 1. The lowest BCUT2D eigenvalue weighted by Crippen LogP contribution is -2.07. The van der Waals surface area contributed by atoms with Crippen molar-refractivity contribution in [3.8, 4) is 0 Å². The molecular formula is C6H9NOS. The van der Waals surface area contributed by atoms with Gasteiger partial charge in [-0.15, -0.1) is 0 Å². The van der Waals surface area contributed by atoms with Crippen LogP contribution in [0.25, 0.3) is 0 Å². The highest BCUT2D eigenvalue weighted by Gasteiger charge is 1.95. The van der Waals surface area contributed by atoms with Crippen LogP contribution in [0.15, 0.2) is 23.4 Å². The maximum absolute atomic E-state index is 5.16. The molecule has 0 saturated carbocycles. The fourth-order valence-electron chi connectivity index (χ4n) is 0.525. The lowest BCUT2D eigenvalue weighted by molar-refractivity contribution is 0.220. The maximum atomic E-state index is 5.16. The molecule has 1 rings (SSSR count). The Hall–Kier alpha value is -0.570. The minimum Gasteiger partial charge on any atom is -0.479 e. The van der Waals surface area contributed by atoms with Crippen molar-refractivity contribution in [1.82, 2.24) is 4.72 Å². The van der Waals surface area contributed by atoms with Crippen LogP contribution in [0.1, 0.15) is 6.92 Å². The lowest BCUT2D eigenvalue weighted by Gasteiger charge is -2.09. The first-order valence-electron chi connectivity index (χ1n) is 2.85. The topological polar surface area (TPSA) is 21.3 Å². The summed E-state index contributed by atoms with van der Waals surface area (Å²) in [4.78, 5) is 0. The van der Waals surface area contributed by atoms with Crippen molar-refractivity contribution in [2.24, 2.45) is 0 Å². The van der Waals surface area contributed by atoms with Gasteiger partial charge in [0.1, 0.15) is 0 Å². The summed E-state index contributed by atoms with van der Waals surface area (Å²) in [7, 11) is 0. The van der Waals surface area contributed by atoms with E-state index in [0.717, 1.165) is 5.88 Å². The van der Waals surface area contributed by atoms with Gasteiger partial charge in [-0.25, -0.2) is 0 Å². The van der Waals surface area contributed by atoms with E-state index in [1.165, 1.54) is 11.9 Å². The van der Waals surface area contributed by atoms with Crippen molar-refractivity contribution < 1.29 is 4.74 Å². The number of nitrogens with one attached hydrogen (secondary N) is 1. The van der Waals surface area contributed by atoms with E-state index in [-0.39, 0.29) is 0 Å². The first kappa shape index (κ1) is 6.55. The minimum absolute atomic E-state index is 0.716. The zero-order valence-corrected chi connectivity index (χ0v) is 6.07. The van der Waals surface area contributed by atoms with Crippen molar-refractivity contribution in [1.29, 1.82) is 0 Å². The molecular weight excluding hydrogens is 134 g/mol. The molecule has 0 atom stereocenters. The first-order chi connectivity index (χ1) is 4.43. The van der Waals surface area contributed by atoms with Gasteiger partial charge < -0.3 is 4.74 Å². The van der Waals surface area contributed by atoms with E-state index in [2.05, 4.69) is 4.72 Å². The van der Waals surface area contributed by atoms with Gasteiger partial charge in [0.25, 0.3) is 0 Å². The van der Waals surface area contributed by atoms with E-state index < -0.39 is 0 Å². The minimum atomic E-state index is 0.716. The van der Waals surface area contributed by atoms with E-state index in [4.69, 9.17) is 4.74 Å². The molecule has 1 aliphatic heterocycles. The molecule has 0 saturated heterocycles. The Morgan fingerprint density at radius 2 is 2.67 bits per heavy atom. The van der Waals surface area contributed by atoms with Gasteiger partial charge in [-0.05, 0) is 36.4 Å². The monoisotopic (exact) mass is 143 g/mol. The molecule has 0 aliphatic carbocycles. The zero-order valence-electron chi connectivity index (χ0n) is 5.26. The molecule has 0 aromatic heterocycles. The molecule has 50 valence electrons. The van der Waals surface area contributed by atoms with Gasteiger partial charge in [-0.1, -0.05) is 0 Å². The summed E-state index contributed by atoms with van der Waals surface area (Å²) >= 11 is 1.52. The van der Waals surface area contributed by atoms with Crippen LogP contribution in [0.4, 0.5) is 0 Å². The van der Waals surface area contributed by atoms with Gasteiger partial charge in [0.2, 0.25) is 0 Å². The summed E-state index contributed by atoms with van der Waals surface area (Å²) < 4.78 is 8.15. The predicted molar refractivity (Wildman–Crippen MR) is 39.6 cm³/mol. The fraction of sp³-hybridized carbons (Fsp3) is 0.333. The Bertz CT molecular complexity index is 142. The fourth-order valence-corrected chi connectivity index (χ4v) is 0.993. The predicted octanol–water partition coefficient (Wildman–Crippen LogP) is 1.63. The highest BCUT2D eigenvalue weighted by molar-refractivity contribution is 8.00. The lowest BCUT2D eigenvalue weighted by atomic mass is 10.6. The molecule has 0 unspecified atom stereocenters. The second kappa shape index (κ2) is 3.45. The van der Waals surface area contributed by atoms with Crippen LogP contribution in [-0.4, -0.2) is 6.61 Å². The van der Waals surface area contributed by atoms with Crippen LogP contribution in [-0.2, 0) is 4.74 Å². The number of rotatable bonds is 2. The van der Waals surface area contributed by atoms with Crippen LogP contribution in [0.2, 0.25) is 0 Å². The molecule has 3 heteroatoms. The molecule has 1 N–H and O–H groups in total. The Morgan fingerprint density at radius 1 is 1.78 bits per heavy atom. The highest BCUT2D eigenvalue weighted by Crippen LogP contribution is 2.08. The Labute approximate surface area is 59.1 Å². The van der Waals surface area contributed by atoms with Gasteiger partial charge in [0.05, 0.1) is 6.61 Å². The van der Waals surface area contributed by atoms with E-state index in [0.29, 0.717) is 6.61 Å². The standard InChI is InChI=1S/C6H9NOS/c1-2-8-6-4-3-5-9-7-6/h3-5,7H,2H2,1H3. The molecule has 0 radical (unpaired) electrons. The van der Waals surface area contributed by atoms with Crippen molar-refractivity contribution in [3.63, 3.8) is 0 Å². The summed E-state index contributed by atoms with van der Waals surface area (Å²) in [5.41, 5.74) is 0. The van der Waals surface area contributed by atoms with Crippen LogP contribution in [0, 0.1) is 0 Å². The average Bonchev–Trinajstić information content (AvgIpc) is 1.91. The summed E-state index contributed by atoms with van der Waals surface area (Å²) in [6.45, 7) is 2.68. The van der Waals surface area contributed by atoms with Crippen molar-refractivity contribution >= 4 is 11.9 Å². The normalized spacial score (nSPS) is 16.3. The SMILES string of the molecule is CCOC1=CC=CSN1. The second-order valence-corrected chi connectivity index (χ2v) is 2.22. The molecule has 0 aromatic carbocycles. The third kappa shape index (κ3) is 2.01. The molecule has 0 aromatic rings. The summed E-state index contributed by atoms with van der Waals surface area (Å²) in [6.07, 6.45) is 3.85. The summed E-state index contributed by atoms with van der Waals surface area (Å²) in [6, 6.07) is 0. The molecule has 0 bridgehead atoms. The molecule has 0 fully saturated rings. The number of hydrogen-bond acceptors (Lipinski definition) is 3. The Morgan fingerprint density at radius 3 is 3.22 bits per heavy atom.